The van der Waals surface area contributed by atoms with Crippen molar-refractivity contribution >= 4 is 5.97 Å². The van der Waals surface area contributed by atoms with Crippen molar-refractivity contribution < 1.29 is 19.0 Å². The number of carbonyl (C=O) groups is 1. The van der Waals surface area contributed by atoms with Crippen LogP contribution in [0.1, 0.15) is 54.9 Å². The molecule has 0 heterocycles. The third kappa shape index (κ3) is 5.83. The summed E-state index contributed by atoms with van der Waals surface area (Å²) in [5.41, 5.74) is 0.386. The summed E-state index contributed by atoms with van der Waals surface area (Å²) in [4.78, 5) is 10.8. The van der Waals surface area contributed by atoms with Crippen molar-refractivity contribution in [2.75, 3.05) is 6.61 Å². The van der Waals surface area contributed by atoms with Crippen molar-refractivity contribution in [3.63, 3.8) is 0 Å². The van der Waals surface area contributed by atoms with Gasteiger partial charge in [-0.3, -0.25) is 0 Å². The fourth-order valence-electron chi connectivity index (χ4n) is 1.82. The van der Waals surface area contributed by atoms with Gasteiger partial charge in [0.1, 0.15) is 5.82 Å². The summed E-state index contributed by atoms with van der Waals surface area (Å²) in [5, 5.41) is 8.80. The molecule has 0 unspecified atom stereocenters. The highest BCUT2D eigenvalue weighted by Crippen LogP contribution is 2.12. The summed E-state index contributed by atoms with van der Waals surface area (Å²) in [6.45, 7) is 3.16. The quantitative estimate of drug-likeness (QED) is 0.688. The number of carboxylic acids is 1. The van der Waals surface area contributed by atoms with Crippen LogP contribution in [0.25, 0.3) is 0 Å². The Hall–Kier alpha value is -1.42. The van der Waals surface area contributed by atoms with Gasteiger partial charge >= 0.3 is 5.97 Å². The second-order valence-corrected chi connectivity index (χ2v) is 4.59. The predicted octanol–water partition coefficient (Wildman–Crippen LogP) is 4.01. The number of aromatic carboxylic acids is 1. The lowest BCUT2D eigenvalue weighted by atomic mass is 10.1. The minimum atomic E-state index is -1.25. The first-order valence-corrected chi connectivity index (χ1v) is 6.74. The van der Waals surface area contributed by atoms with E-state index in [1.54, 1.807) is 6.07 Å². The molecule has 1 aromatic rings. The Labute approximate surface area is 113 Å². The van der Waals surface area contributed by atoms with E-state index in [2.05, 4.69) is 6.92 Å². The van der Waals surface area contributed by atoms with Gasteiger partial charge in [0.25, 0.3) is 0 Å². The van der Waals surface area contributed by atoms with Crippen LogP contribution in [-0.2, 0) is 11.3 Å². The van der Waals surface area contributed by atoms with Gasteiger partial charge < -0.3 is 9.84 Å². The van der Waals surface area contributed by atoms with Gasteiger partial charge in [-0.25, -0.2) is 9.18 Å². The highest BCUT2D eigenvalue weighted by Gasteiger charge is 2.10. The molecular formula is C15H21FO3. The number of ether oxygens (including phenoxy) is 1. The number of unbranched alkanes of at least 4 members (excludes halogenated alkanes) is 4. The fraction of sp³-hybridized carbons (Fsp3) is 0.533. The zero-order valence-electron chi connectivity index (χ0n) is 11.3. The topological polar surface area (TPSA) is 46.5 Å². The molecule has 0 radical (unpaired) electrons. The van der Waals surface area contributed by atoms with Crippen molar-refractivity contribution in [1.29, 1.82) is 0 Å². The number of halogens is 1. The third-order valence-electron chi connectivity index (χ3n) is 2.92. The zero-order valence-corrected chi connectivity index (χ0v) is 11.3. The number of carboxylic acid groups (broad SMARTS) is 1. The average Bonchev–Trinajstić information content (AvgIpc) is 2.39. The Bertz CT molecular complexity index is 404. The first kappa shape index (κ1) is 15.6. The number of hydrogen-bond donors (Lipinski definition) is 1. The Kier molecular flexibility index (Phi) is 7.11. The molecule has 106 valence electrons. The van der Waals surface area contributed by atoms with Gasteiger partial charge in [0, 0.05) is 6.61 Å². The number of benzene rings is 1. The molecule has 1 N–H and O–H groups in total. The molecule has 0 spiro atoms. The molecule has 19 heavy (non-hydrogen) atoms. The fourth-order valence-corrected chi connectivity index (χ4v) is 1.82. The summed E-state index contributed by atoms with van der Waals surface area (Å²) >= 11 is 0. The van der Waals surface area contributed by atoms with Crippen LogP contribution in [0.5, 0.6) is 0 Å². The third-order valence-corrected chi connectivity index (χ3v) is 2.92. The molecule has 0 amide bonds. The number of hydrogen-bond acceptors (Lipinski definition) is 2. The molecule has 0 fully saturated rings. The second-order valence-electron chi connectivity index (χ2n) is 4.59. The van der Waals surface area contributed by atoms with E-state index in [0.717, 1.165) is 12.8 Å². The van der Waals surface area contributed by atoms with E-state index in [1.165, 1.54) is 31.4 Å². The average molecular weight is 268 g/mol. The van der Waals surface area contributed by atoms with E-state index in [0.29, 0.717) is 18.8 Å². The molecule has 0 aliphatic heterocycles. The molecule has 0 atom stereocenters. The summed E-state index contributed by atoms with van der Waals surface area (Å²) in [6.07, 6.45) is 5.85. The first-order valence-electron chi connectivity index (χ1n) is 6.74. The zero-order chi connectivity index (χ0) is 14.1. The minimum absolute atomic E-state index is 0.302. The van der Waals surface area contributed by atoms with Crippen LogP contribution in [-0.4, -0.2) is 17.7 Å². The standard InChI is InChI=1S/C15H21FO3/c1-2-3-4-5-6-9-19-11-12-7-8-14(16)13(10-12)15(17)18/h7-8,10H,2-6,9,11H2,1H3,(H,17,18). The molecular weight excluding hydrogens is 247 g/mol. The van der Waals surface area contributed by atoms with Crippen molar-refractivity contribution in [1.82, 2.24) is 0 Å². The maximum Gasteiger partial charge on any atom is 0.338 e. The van der Waals surface area contributed by atoms with Gasteiger partial charge in [0.05, 0.1) is 12.2 Å². The molecule has 4 heteroatoms. The lowest BCUT2D eigenvalue weighted by Crippen LogP contribution is -2.03. The SMILES string of the molecule is CCCCCCCOCc1ccc(F)c(C(=O)O)c1. The van der Waals surface area contributed by atoms with E-state index >= 15 is 0 Å². The maximum absolute atomic E-state index is 13.2. The Morgan fingerprint density at radius 3 is 2.68 bits per heavy atom. The van der Waals surface area contributed by atoms with Gasteiger partial charge in [-0.15, -0.1) is 0 Å². The van der Waals surface area contributed by atoms with Crippen LogP contribution in [0.4, 0.5) is 4.39 Å². The molecule has 0 aliphatic carbocycles. The summed E-state index contributed by atoms with van der Waals surface area (Å²) in [5.74, 6) is -1.96. The van der Waals surface area contributed by atoms with Gasteiger partial charge in [-0.2, -0.15) is 0 Å². The molecule has 3 nitrogen and oxygen atoms in total. The first-order chi connectivity index (χ1) is 9.15. The Morgan fingerprint density at radius 1 is 1.26 bits per heavy atom. The van der Waals surface area contributed by atoms with E-state index in [9.17, 15) is 9.18 Å². The monoisotopic (exact) mass is 268 g/mol. The Balaban J connectivity index is 2.30. The summed E-state index contributed by atoms with van der Waals surface area (Å²) < 4.78 is 18.6. The van der Waals surface area contributed by atoms with Gasteiger partial charge in [0.2, 0.25) is 0 Å². The minimum Gasteiger partial charge on any atom is -0.478 e. The van der Waals surface area contributed by atoms with Gasteiger partial charge in [0.15, 0.2) is 0 Å². The van der Waals surface area contributed by atoms with Crippen molar-refractivity contribution in [3.05, 3.63) is 35.1 Å². The van der Waals surface area contributed by atoms with Crippen LogP contribution in [0.3, 0.4) is 0 Å². The van der Waals surface area contributed by atoms with Crippen molar-refractivity contribution in [2.45, 2.75) is 45.6 Å². The molecule has 0 saturated heterocycles. The van der Waals surface area contributed by atoms with Gasteiger partial charge in [-0.05, 0) is 24.1 Å². The Morgan fingerprint density at radius 2 is 2.00 bits per heavy atom. The van der Waals surface area contributed by atoms with Crippen molar-refractivity contribution in [2.24, 2.45) is 0 Å². The molecule has 1 aromatic carbocycles. The molecule has 0 aliphatic rings. The van der Waals surface area contributed by atoms with Crippen LogP contribution >= 0.6 is 0 Å². The number of rotatable bonds is 9. The van der Waals surface area contributed by atoms with Crippen LogP contribution < -0.4 is 0 Å². The lowest BCUT2D eigenvalue weighted by Gasteiger charge is -2.06. The highest BCUT2D eigenvalue weighted by atomic mass is 19.1. The summed E-state index contributed by atoms with van der Waals surface area (Å²) in [7, 11) is 0. The smallest absolute Gasteiger partial charge is 0.338 e. The maximum atomic E-state index is 13.2. The normalized spacial score (nSPS) is 10.6. The molecule has 0 bridgehead atoms. The summed E-state index contributed by atoms with van der Waals surface area (Å²) in [6, 6.07) is 4.05. The lowest BCUT2D eigenvalue weighted by molar-refractivity contribution is 0.0691. The van der Waals surface area contributed by atoms with E-state index in [4.69, 9.17) is 9.84 Å². The second kappa shape index (κ2) is 8.64. The van der Waals surface area contributed by atoms with Crippen molar-refractivity contribution in [3.8, 4) is 0 Å². The van der Waals surface area contributed by atoms with Gasteiger partial charge in [-0.1, -0.05) is 38.7 Å². The predicted molar refractivity (Wildman–Crippen MR) is 71.8 cm³/mol. The largest absolute Gasteiger partial charge is 0.478 e. The molecule has 0 saturated carbocycles. The van der Waals surface area contributed by atoms with Crippen LogP contribution in [0, 0.1) is 5.82 Å². The van der Waals surface area contributed by atoms with E-state index < -0.39 is 11.8 Å². The molecule has 0 aromatic heterocycles. The van der Waals surface area contributed by atoms with E-state index in [1.807, 2.05) is 0 Å². The highest BCUT2D eigenvalue weighted by molar-refractivity contribution is 5.88. The van der Waals surface area contributed by atoms with E-state index in [-0.39, 0.29) is 5.56 Å². The van der Waals surface area contributed by atoms with Crippen LogP contribution in [0.15, 0.2) is 18.2 Å². The van der Waals surface area contributed by atoms with Crippen LogP contribution in [0.2, 0.25) is 0 Å². The molecule has 1 rings (SSSR count).